The zero-order chi connectivity index (χ0) is 13.7. The minimum Gasteiger partial charge on any atom is -0.399 e. The van der Waals surface area contributed by atoms with Gasteiger partial charge in [0.25, 0.3) is 0 Å². The number of carbonyl (C=O) groups is 1. The Morgan fingerprint density at radius 2 is 1.89 bits per heavy atom. The van der Waals surface area contributed by atoms with Gasteiger partial charge in [-0.25, -0.2) is 0 Å². The van der Waals surface area contributed by atoms with Gasteiger partial charge in [-0.05, 0) is 30.2 Å². The summed E-state index contributed by atoms with van der Waals surface area (Å²) in [5.41, 5.74) is 8.23. The van der Waals surface area contributed by atoms with E-state index < -0.39 is 0 Å². The van der Waals surface area contributed by atoms with E-state index in [4.69, 9.17) is 5.73 Å². The molecule has 3 N–H and O–H groups in total. The summed E-state index contributed by atoms with van der Waals surface area (Å²) in [7, 11) is 0. The second-order valence-electron chi connectivity index (χ2n) is 4.71. The van der Waals surface area contributed by atoms with Crippen molar-refractivity contribution < 1.29 is 4.79 Å². The van der Waals surface area contributed by atoms with Gasteiger partial charge in [0.15, 0.2) is 0 Å². The van der Waals surface area contributed by atoms with E-state index in [1.807, 2.05) is 49.4 Å². The van der Waals surface area contributed by atoms with Crippen molar-refractivity contribution in [3.8, 4) is 0 Å². The van der Waals surface area contributed by atoms with E-state index in [2.05, 4.69) is 5.32 Å². The van der Waals surface area contributed by atoms with E-state index in [1.54, 1.807) is 12.1 Å². The maximum absolute atomic E-state index is 12.1. The van der Waals surface area contributed by atoms with Crippen LogP contribution < -0.4 is 11.1 Å². The summed E-state index contributed by atoms with van der Waals surface area (Å²) in [6.45, 7) is 1.93. The first-order chi connectivity index (χ1) is 9.15. The van der Waals surface area contributed by atoms with Crippen molar-refractivity contribution >= 4 is 17.3 Å². The molecule has 0 aliphatic carbocycles. The third kappa shape index (κ3) is 3.85. The minimum absolute atomic E-state index is 0.00875. The lowest BCUT2D eigenvalue weighted by atomic mass is 10.0. The molecule has 0 radical (unpaired) electrons. The molecule has 0 spiro atoms. The zero-order valence-electron chi connectivity index (χ0n) is 11.0. The van der Waals surface area contributed by atoms with E-state index >= 15 is 0 Å². The smallest absolute Gasteiger partial charge is 0.227 e. The predicted molar refractivity (Wildman–Crippen MR) is 78.8 cm³/mol. The van der Waals surface area contributed by atoms with E-state index in [0.717, 1.165) is 17.7 Å². The number of hydrogen-bond donors (Lipinski definition) is 2. The van der Waals surface area contributed by atoms with Crippen LogP contribution in [-0.4, -0.2) is 5.91 Å². The molecule has 19 heavy (non-hydrogen) atoms. The summed E-state index contributed by atoms with van der Waals surface area (Å²) in [6.07, 6.45) is 0.731. The molecule has 0 aromatic heterocycles. The first-order valence-corrected chi connectivity index (χ1v) is 6.35. The predicted octanol–water partition coefficient (Wildman–Crippen LogP) is 3.09. The third-order valence-electron chi connectivity index (χ3n) is 2.99. The van der Waals surface area contributed by atoms with E-state index in [1.165, 1.54) is 0 Å². The summed E-state index contributed by atoms with van der Waals surface area (Å²) in [5, 5.41) is 2.88. The first kappa shape index (κ1) is 13.1. The van der Waals surface area contributed by atoms with Gasteiger partial charge in [0.1, 0.15) is 0 Å². The summed E-state index contributed by atoms with van der Waals surface area (Å²) in [4.78, 5) is 12.1. The second kappa shape index (κ2) is 6.05. The van der Waals surface area contributed by atoms with E-state index in [-0.39, 0.29) is 11.8 Å². The van der Waals surface area contributed by atoms with Crippen molar-refractivity contribution in [1.82, 2.24) is 0 Å². The van der Waals surface area contributed by atoms with Gasteiger partial charge in [0.05, 0.1) is 0 Å². The lowest BCUT2D eigenvalue weighted by Crippen LogP contribution is -2.22. The average Bonchev–Trinajstić information content (AvgIpc) is 2.40. The molecule has 0 aliphatic heterocycles. The Hall–Kier alpha value is -2.29. The van der Waals surface area contributed by atoms with Crippen LogP contribution in [0.5, 0.6) is 0 Å². The molecule has 2 aromatic carbocycles. The SMILES string of the molecule is CC(Cc1ccccc1)C(=O)Nc1cccc(N)c1. The van der Waals surface area contributed by atoms with Gasteiger partial charge < -0.3 is 11.1 Å². The molecule has 0 heterocycles. The maximum Gasteiger partial charge on any atom is 0.227 e. The van der Waals surface area contributed by atoms with Crippen LogP contribution in [0.1, 0.15) is 12.5 Å². The number of benzene rings is 2. The number of amides is 1. The molecule has 0 saturated heterocycles. The number of anilines is 2. The van der Waals surface area contributed by atoms with Crippen LogP contribution in [0.2, 0.25) is 0 Å². The van der Waals surface area contributed by atoms with Crippen molar-refractivity contribution in [2.75, 3.05) is 11.1 Å². The molecular formula is C16H18N2O. The highest BCUT2D eigenvalue weighted by Crippen LogP contribution is 2.15. The number of nitrogens with two attached hydrogens (primary N) is 1. The van der Waals surface area contributed by atoms with Crippen LogP contribution in [0.15, 0.2) is 54.6 Å². The summed E-state index contributed by atoms with van der Waals surface area (Å²) in [6, 6.07) is 17.2. The molecule has 2 aromatic rings. The van der Waals surface area contributed by atoms with Gasteiger partial charge >= 0.3 is 0 Å². The second-order valence-corrected chi connectivity index (χ2v) is 4.71. The molecule has 2 rings (SSSR count). The van der Waals surface area contributed by atoms with Gasteiger partial charge in [0.2, 0.25) is 5.91 Å². The molecule has 3 heteroatoms. The fraction of sp³-hybridized carbons (Fsp3) is 0.188. The Labute approximate surface area is 113 Å². The molecule has 1 atom stereocenters. The quantitative estimate of drug-likeness (QED) is 0.824. The highest BCUT2D eigenvalue weighted by molar-refractivity contribution is 5.92. The first-order valence-electron chi connectivity index (χ1n) is 6.35. The Kier molecular flexibility index (Phi) is 4.18. The summed E-state index contributed by atoms with van der Waals surface area (Å²) >= 11 is 0. The molecule has 0 aliphatic rings. The molecule has 0 fully saturated rings. The number of rotatable bonds is 4. The topological polar surface area (TPSA) is 55.1 Å². The van der Waals surface area contributed by atoms with Crippen LogP contribution in [0, 0.1) is 5.92 Å². The molecular weight excluding hydrogens is 236 g/mol. The Morgan fingerprint density at radius 1 is 1.16 bits per heavy atom. The van der Waals surface area contributed by atoms with Crippen molar-refractivity contribution in [3.63, 3.8) is 0 Å². The highest BCUT2D eigenvalue weighted by atomic mass is 16.1. The van der Waals surface area contributed by atoms with Crippen LogP contribution in [0.25, 0.3) is 0 Å². The Balaban J connectivity index is 1.96. The monoisotopic (exact) mass is 254 g/mol. The van der Waals surface area contributed by atoms with Gasteiger partial charge in [-0.15, -0.1) is 0 Å². The van der Waals surface area contributed by atoms with Gasteiger partial charge in [0, 0.05) is 17.3 Å². The van der Waals surface area contributed by atoms with Gasteiger partial charge in [-0.3, -0.25) is 4.79 Å². The van der Waals surface area contributed by atoms with E-state index in [0.29, 0.717) is 5.69 Å². The van der Waals surface area contributed by atoms with Gasteiger partial charge in [-0.1, -0.05) is 43.3 Å². The fourth-order valence-electron chi connectivity index (χ4n) is 1.94. The summed E-state index contributed by atoms with van der Waals surface area (Å²) in [5.74, 6) is -0.0710. The van der Waals surface area contributed by atoms with Gasteiger partial charge in [-0.2, -0.15) is 0 Å². The maximum atomic E-state index is 12.1. The number of nitrogen functional groups attached to an aromatic ring is 1. The molecule has 0 saturated carbocycles. The van der Waals surface area contributed by atoms with Crippen LogP contribution in [0.3, 0.4) is 0 Å². The molecule has 0 bridgehead atoms. The number of hydrogen-bond acceptors (Lipinski definition) is 2. The average molecular weight is 254 g/mol. The third-order valence-corrected chi connectivity index (χ3v) is 2.99. The Morgan fingerprint density at radius 3 is 2.58 bits per heavy atom. The summed E-state index contributed by atoms with van der Waals surface area (Å²) < 4.78 is 0. The van der Waals surface area contributed by atoms with Crippen molar-refractivity contribution in [2.45, 2.75) is 13.3 Å². The number of nitrogens with one attached hydrogen (secondary N) is 1. The van der Waals surface area contributed by atoms with Crippen LogP contribution in [0.4, 0.5) is 11.4 Å². The van der Waals surface area contributed by atoms with Crippen LogP contribution >= 0.6 is 0 Å². The molecule has 1 amide bonds. The van der Waals surface area contributed by atoms with Crippen molar-refractivity contribution in [3.05, 3.63) is 60.2 Å². The van der Waals surface area contributed by atoms with E-state index in [9.17, 15) is 4.79 Å². The lowest BCUT2D eigenvalue weighted by Gasteiger charge is -2.12. The van der Waals surface area contributed by atoms with Crippen molar-refractivity contribution in [1.29, 1.82) is 0 Å². The minimum atomic E-state index is -0.0798. The molecule has 3 nitrogen and oxygen atoms in total. The largest absolute Gasteiger partial charge is 0.399 e. The lowest BCUT2D eigenvalue weighted by molar-refractivity contribution is -0.119. The van der Waals surface area contributed by atoms with Crippen molar-refractivity contribution in [2.24, 2.45) is 5.92 Å². The standard InChI is InChI=1S/C16H18N2O/c1-12(10-13-6-3-2-4-7-13)16(19)18-15-9-5-8-14(17)11-15/h2-9,11-12H,10,17H2,1H3,(H,18,19). The molecule has 1 unspecified atom stereocenters. The zero-order valence-corrected chi connectivity index (χ0v) is 11.0. The molecule has 98 valence electrons. The normalized spacial score (nSPS) is 11.8. The van der Waals surface area contributed by atoms with Crippen LogP contribution in [-0.2, 0) is 11.2 Å². The fourth-order valence-corrected chi connectivity index (χ4v) is 1.94. The number of carbonyl (C=O) groups excluding carboxylic acids is 1. The highest BCUT2D eigenvalue weighted by Gasteiger charge is 2.13. The Bertz CT molecular complexity index is 552.